The highest BCUT2D eigenvalue weighted by Gasteiger charge is 2.20. The Bertz CT molecular complexity index is 1140. The number of carbonyl (C=O) groups excluding carboxylic acids is 2. The molecule has 1 heterocycles. The molecule has 2 aliphatic rings. The third-order valence-corrected chi connectivity index (χ3v) is 6.00. The molecule has 0 aromatic heterocycles. The number of fused-ring (bicyclic) bond motifs is 3. The molecule has 0 bridgehead atoms. The Morgan fingerprint density at radius 1 is 0.906 bits per heavy atom. The van der Waals surface area contributed by atoms with E-state index in [4.69, 9.17) is 14.2 Å². The molecule has 0 unspecified atom stereocenters. The molecule has 1 aliphatic carbocycles. The Kier molecular flexibility index (Phi) is 5.73. The molecule has 0 radical (unpaired) electrons. The number of ketones is 1. The van der Waals surface area contributed by atoms with E-state index in [1.54, 1.807) is 30.3 Å². The predicted octanol–water partition coefficient (Wildman–Crippen LogP) is 4.86. The second-order valence-corrected chi connectivity index (χ2v) is 8.18. The molecule has 5 heteroatoms. The van der Waals surface area contributed by atoms with Crippen LogP contribution in [0.1, 0.15) is 44.7 Å². The Hall–Kier alpha value is -3.44. The topological polar surface area (TPSA) is 61.8 Å². The van der Waals surface area contributed by atoms with E-state index >= 15 is 0 Å². The first kappa shape index (κ1) is 20.5. The van der Waals surface area contributed by atoms with Gasteiger partial charge in [0.1, 0.15) is 12.4 Å². The van der Waals surface area contributed by atoms with Gasteiger partial charge in [0.05, 0.1) is 11.7 Å². The van der Waals surface area contributed by atoms with Gasteiger partial charge in [0.25, 0.3) is 0 Å². The minimum atomic E-state index is -0.532. The number of benzene rings is 3. The maximum Gasteiger partial charge on any atom is 0.338 e. The summed E-state index contributed by atoms with van der Waals surface area (Å²) in [4.78, 5) is 25.0. The van der Waals surface area contributed by atoms with E-state index in [-0.39, 0.29) is 18.5 Å². The molecule has 1 fully saturated rings. The van der Waals surface area contributed by atoms with Crippen molar-refractivity contribution in [1.29, 1.82) is 0 Å². The van der Waals surface area contributed by atoms with Crippen LogP contribution in [0.5, 0.6) is 5.75 Å². The normalized spacial score (nSPS) is 16.3. The highest BCUT2D eigenvalue weighted by atomic mass is 16.5. The zero-order valence-electron chi connectivity index (χ0n) is 17.7. The SMILES string of the molecule is O=C(COC(=O)c1ccc(OC[C@@H]2CCCO2)cc1)c1ccc2c(c1)-c1ccccc1C2. The standard InChI is InChI=1S/C27H24O5/c28-26(21-8-7-20-14-19-4-1-2-6-24(19)25(20)15-21)17-32-27(29)18-9-11-22(12-10-18)31-16-23-5-3-13-30-23/h1-2,4,6-12,15,23H,3,5,13-14,16-17H2/t23-/m0/s1. The average Bonchev–Trinajstić information content (AvgIpc) is 3.48. The van der Waals surface area contributed by atoms with Crippen molar-refractivity contribution in [2.24, 2.45) is 0 Å². The Labute approximate surface area is 186 Å². The highest BCUT2D eigenvalue weighted by molar-refractivity contribution is 6.00. The second kappa shape index (κ2) is 8.97. The summed E-state index contributed by atoms with van der Waals surface area (Å²) in [5.74, 6) is -0.0795. The van der Waals surface area contributed by atoms with Crippen LogP contribution >= 0.6 is 0 Å². The van der Waals surface area contributed by atoms with Gasteiger partial charge in [-0.25, -0.2) is 4.79 Å². The van der Waals surface area contributed by atoms with E-state index in [9.17, 15) is 9.59 Å². The first-order chi connectivity index (χ1) is 15.7. The number of Topliss-reactive ketones (excluding diaryl/α,β-unsaturated/α-hetero) is 1. The zero-order chi connectivity index (χ0) is 21.9. The first-order valence-corrected chi connectivity index (χ1v) is 10.9. The van der Waals surface area contributed by atoms with E-state index in [0.717, 1.165) is 37.0 Å². The molecule has 5 rings (SSSR count). The largest absolute Gasteiger partial charge is 0.491 e. The van der Waals surface area contributed by atoms with E-state index in [0.29, 0.717) is 23.5 Å². The lowest BCUT2D eigenvalue weighted by Gasteiger charge is -2.11. The summed E-state index contributed by atoms with van der Waals surface area (Å²) in [5.41, 5.74) is 5.65. The quantitative estimate of drug-likeness (QED) is 0.311. The summed E-state index contributed by atoms with van der Waals surface area (Å²) in [5, 5.41) is 0. The van der Waals surface area contributed by atoms with Crippen LogP contribution in [0, 0.1) is 0 Å². The van der Waals surface area contributed by atoms with Crippen molar-refractivity contribution < 1.29 is 23.8 Å². The third-order valence-electron chi connectivity index (χ3n) is 6.00. The fourth-order valence-corrected chi connectivity index (χ4v) is 4.25. The molecular weight excluding hydrogens is 404 g/mol. The molecule has 5 nitrogen and oxygen atoms in total. The molecule has 0 spiro atoms. The molecule has 0 saturated carbocycles. The van der Waals surface area contributed by atoms with Gasteiger partial charge in [-0.3, -0.25) is 4.79 Å². The number of rotatable bonds is 7. The van der Waals surface area contributed by atoms with Crippen molar-refractivity contribution >= 4 is 11.8 Å². The van der Waals surface area contributed by atoms with Crippen LogP contribution in [0.3, 0.4) is 0 Å². The molecule has 162 valence electrons. The van der Waals surface area contributed by atoms with Crippen LogP contribution < -0.4 is 4.74 Å². The first-order valence-electron chi connectivity index (χ1n) is 10.9. The van der Waals surface area contributed by atoms with Gasteiger partial charge < -0.3 is 14.2 Å². The number of ether oxygens (including phenoxy) is 3. The summed E-state index contributed by atoms with van der Waals surface area (Å²) >= 11 is 0. The molecule has 1 atom stereocenters. The molecule has 3 aromatic carbocycles. The monoisotopic (exact) mass is 428 g/mol. The van der Waals surface area contributed by atoms with Crippen molar-refractivity contribution in [2.45, 2.75) is 25.4 Å². The van der Waals surface area contributed by atoms with Crippen LogP contribution in [0.25, 0.3) is 11.1 Å². The number of hydrogen-bond donors (Lipinski definition) is 0. The molecule has 1 saturated heterocycles. The molecule has 0 amide bonds. The fraction of sp³-hybridized carbons (Fsp3) is 0.259. The van der Waals surface area contributed by atoms with Crippen LogP contribution in [-0.2, 0) is 15.9 Å². The van der Waals surface area contributed by atoms with Gasteiger partial charge in [-0.1, -0.05) is 36.4 Å². The van der Waals surface area contributed by atoms with Crippen LogP contribution in [-0.4, -0.2) is 37.7 Å². The average molecular weight is 428 g/mol. The van der Waals surface area contributed by atoms with Gasteiger partial charge in [-0.15, -0.1) is 0 Å². The number of carbonyl (C=O) groups is 2. The van der Waals surface area contributed by atoms with Gasteiger partial charge in [0.15, 0.2) is 12.4 Å². The fourth-order valence-electron chi connectivity index (χ4n) is 4.25. The Balaban J connectivity index is 1.17. The Morgan fingerprint density at radius 2 is 1.69 bits per heavy atom. The van der Waals surface area contributed by atoms with Crippen molar-refractivity contribution in [1.82, 2.24) is 0 Å². The van der Waals surface area contributed by atoms with Gasteiger partial charge in [-0.05, 0) is 71.8 Å². The van der Waals surface area contributed by atoms with Crippen molar-refractivity contribution in [3.63, 3.8) is 0 Å². The summed E-state index contributed by atoms with van der Waals surface area (Å²) in [6, 6.07) is 20.6. The van der Waals surface area contributed by atoms with E-state index in [1.165, 1.54) is 11.1 Å². The van der Waals surface area contributed by atoms with Gasteiger partial charge in [0, 0.05) is 12.2 Å². The summed E-state index contributed by atoms with van der Waals surface area (Å²) in [6.45, 7) is 0.996. The van der Waals surface area contributed by atoms with Gasteiger partial charge in [-0.2, -0.15) is 0 Å². The van der Waals surface area contributed by atoms with E-state index < -0.39 is 5.97 Å². The highest BCUT2D eigenvalue weighted by Crippen LogP contribution is 2.36. The van der Waals surface area contributed by atoms with Crippen LogP contribution in [0.15, 0.2) is 66.7 Å². The lowest BCUT2D eigenvalue weighted by Crippen LogP contribution is -2.16. The van der Waals surface area contributed by atoms with Crippen LogP contribution in [0.2, 0.25) is 0 Å². The minimum absolute atomic E-state index is 0.137. The van der Waals surface area contributed by atoms with Crippen LogP contribution in [0.4, 0.5) is 0 Å². The summed E-state index contributed by atoms with van der Waals surface area (Å²) < 4.78 is 16.5. The van der Waals surface area contributed by atoms with Gasteiger partial charge >= 0.3 is 5.97 Å². The van der Waals surface area contributed by atoms with Gasteiger partial charge in [0.2, 0.25) is 0 Å². The predicted molar refractivity (Wildman–Crippen MR) is 120 cm³/mol. The summed E-state index contributed by atoms with van der Waals surface area (Å²) in [7, 11) is 0. The van der Waals surface area contributed by atoms with Crippen molar-refractivity contribution in [2.75, 3.05) is 19.8 Å². The smallest absolute Gasteiger partial charge is 0.338 e. The minimum Gasteiger partial charge on any atom is -0.491 e. The maximum absolute atomic E-state index is 12.6. The lowest BCUT2D eigenvalue weighted by molar-refractivity contribution is 0.0474. The van der Waals surface area contributed by atoms with Crippen molar-refractivity contribution in [3.8, 4) is 16.9 Å². The third kappa shape index (κ3) is 4.30. The second-order valence-electron chi connectivity index (χ2n) is 8.18. The maximum atomic E-state index is 12.6. The summed E-state index contributed by atoms with van der Waals surface area (Å²) in [6.07, 6.45) is 3.09. The number of esters is 1. The molecule has 32 heavy (non-hydrogen) atoms. The zero-order valence-corrected chi connectivity index (χ0v) is 17.7. The van der Waals surface area contributed by atoms with Crippen molar-refractivity contribution in [3.05, 3.63) is 89.0 Å². The molecular formula is C27H24O5. The molecule has 1 aliphatic heterocycles. The number of hydrogen-bond acceptors (Lipinski definition) is 5. The molecule has 0 N–H and O–H groups in total. The lowest BCUT2D eigenvalue weighted by atomic mass is 10.0. The molecule has 3 aromatic rings. The Morgan fingerprint density at radius 3 is 2.50 bits per heavy atom. The van der Waals surface area contributed by atoms with E-state index in [2.05, 4.69) is 12.1 Å². The van der Waals surface area contributed by atoms with E-state index in [1.807, 2.05) is 24.3 Å².